The number of esters is 2. The quantitative estimate of drug-likeness (QED) is 0.353. The molecule has 0 aliphatic heterocycles. The fraction of sp³-hybridized carbons (Fsp3) is 0.125. The number of hydrogen-bond acceptors (Lipinski definition) is 6. The van der Waals surface area contributed by atoms with Crippen molar-refractivity contribution in [1.82, 2.24) is 0 Å². The Bertz CT molecular complexity index is 1560. The largest absolute Gasteiger partial charge is 0.465 e. The van der Waals surface area contributed by atoms with Gasteiger partial charge in [-0.2, -0.15) is 0 Å². The van der Waals surface area contributed by atoms with E-state index in [9.17, 15) is 19.2 Å². The molecule has 0 saturated carbocycles. The van der Waals surface area contributed by atoms with Crippen molar-refractivity contribution in [3.05, 3.63) is 141 Å². The first-order chi connectivity index (χ1) is 18.4. The Hall–Kier alpha value is -4.84. The lowest BCUT2D eigenvalue weighted by Crippen LogP contribution is -2.29. The van der Waals surface area contributed by atoms with Gasteiger partial charge in [-0.25, -0.2) is 9.59 Å². The predicted octanol–water partition coefficient (Wildman–Crippen LogP) is 5.31. The van der Waals surface area contributed by atoms with Crippen LogP contribution in [0.15, 0.2) is 84.9 Å². The van der Waals surface area contributed by atoms with E-state index < -0.39 is 11.9 Å². The smallest absolute Gasteiger partial charge is 0.337 e. The van der Waals surface area contributed by atoms with Gasteiger partial charge in [0.15, 0.2) is 11.6 Å². The number of ketones is 2. The van der Waals surface area contributed by atoms with Crippen LogP contribution in [0.3, 0.4) is 0 Å². The molecule has 0 aromatic heterocycles. The monoisotopic (exact) mass is 502 g/mol. The number of carbonyl (C=O) groups is 4. The van der Waals surface area contributed by atoms with Gasteiger partial charge < -0.3 is 9.47 Å². The second kappa shape index (κ2) is 8.92. The number of ether oxygens (including phenoxy) is 2. The third-order valence-corrected chi connectivity index (χ3v) is 7.52. The number of hydrogen-bond donors (Lipinski definition) is 0. The van der Waals surface area contributed by atoms with Gasteiger partial charge in [-0.1, -0.05) is 60.7 Å². The first kappa shape index (κ1) is 23.6. The third-order valence-electron chi connectivity index (χ3n) is 7.52. The van der Waals surface area contributed by atoms with Crippen molar-refractivity contribution in [3.63, 3.8) is 0 Å². The summed E-state index contributed by atoms with van der Waals surface area (Å²) in [5, 5.41) is 0. The van der Waals surface area contributed by atoms with Crippen LogP contribution >= 0.6 is 0 Å². The first-order valence-electron chi connectivity index (χ1n) is 12.2. The van der Waals surface area contributed by atoms with E-state index in [1.165, 1.54) is 14.2 Å². The maximum atomic E-state index is 13.6. The zero-order valence-corrected chi connectivity index (χ0v) is 20.7. The molecule has 0 radical (unpaired) electrons. The van der Waals surface area contributed by atoms with E-state index in [-0.39, 0.29) is 23.4 Å². The molecule has 2 aliphatic carbocycles. The third kappa shape index (κ3) is 3.41. The minimum absolute atomic E-state index is 0.168. The second-order valence-electron chi connectivity index (χ2n) is 9.38. The van der Waals surface area contributed by atoms with Crippen molar-refractivity contribution < 1.29 is 28.7 Å². The molecule has 0 spiro atoms. The molecule has 4 aromatic rings. The fourth-order valence-corrected chi connectivity index (χ4v) is 5.83. The van der Waals surface area contributed by atoms with E-state index in [2.05, 4.69) is 0 Å². The molecule has 0 amide bonds. The molecule has 0 N–H and O–H groups in total. The van der Waals surface area contributed by atoms with Crippen molar-refractivity contribution in [3.8, 4) is 0 Å². The molecular formula is C32H22O6. The highest BCUT2D eigenvalue weighted by atomic mass is 16.5. The molecule has 6 heteroatoms. The lowest BCUT2D eigenvalue weighted by molar-refractivity contribution is 0.0591. The molecule has 6 rings (SSSR count). The van der Waals surface area contributed by atoms with Gasteiger partial charge in [0.2, 0.25) is 0 Å². The van der Waals surface area contributed by atoms with Crippen molar-refractivity contribution in [2.45, 2.75) is 11.8 Å². The van der Waals surface area contributed by atoms with E-state index in [1.54, 1.807) is 36.4 Å². The van der Waals surface area contributed by atoms with Gasteiger partial charge in [0.1, 0.15) is 0 Å². The van der Waals surface area contributed by atoms with E-state index in [4.69, 9.17) is 9.47 Å². The first-order valence-corrected chi connectivity index (χ1v) is 12.2. The summed E-state index contributed by atoms with van der Waals surface area (Å²) in [5.41, 5.74) is 5.75. The molecule has 186 valence electrons. The normalized spacial score (nSPS) is 17.0. The number of methoxy groups -OCH3 is 2. The lowest BCUT2D eigenvalue weighted by atomic mass is 9.64. The Morgan fingerprint density at radius 1 is 0.526 bits per heavy atom. The van der Waals surface area contributed by atoms with Crippen LogP contribution in [0.4, 0.5) is 0 Å². The van der Waals surface area contributed by atoms with Crippen molar-refractivity contribution >= 4 is 23.5 Å². The molecule has 6 nitrogen and oxygen atoms in total. The van der Waals surface area contributed by atoms with Crippen LogP contribution in [-0.4, -0.2) is 37.7 Å². The summed E-state index contributed by atoms with van der Waals surface area (Å²) < 4.78 is 9.79. The highest BCUT2D eigenvalue weighted by Crippen LogP contribution is 2.51. The minimum Gasteiger partial charge on any atom is -0.465 e. The Kier molecular flexibility index (Phi) is 5.53. The average molecular weight is 503 g/mol. The molecule has 2 atom stereocenters. The molecule has 38 heavy (non-hydrogen) atoms. The Balaban J connectivity index is 1.64. The predicted molar refractivity (Wildman–Crippen MR) is 139 cm³/mol. The van der Waals surface area contributed by atoms with Crippen LogP contribution in [0, 0.1) is 0 Å². The van der Waals surface area contributed by atoms with Crippen LogP contribution in [-0.2, 0) is 9.47 Å². The van der Waals surface area contributed by atoms with Crippen LogP contribution < -0.4 is 0 Å². The van der Waals surface area contributed by atoms with E-state index in [1.807, 2.05) is 48.5 Å². The zero-order chi connectivity index (χ0) is 26.6. The molecule has 0 heterocycles. The van der Waals surface area contributed by atoms with E-state index in [0.29, 0.717) is 33.4 Å². The SMILES string of the molecule is COC(=O)c1ccc2c(c1)C(=O)c1ccccc1C2C1c2ccccc2C(=O)c2cc(C(=O)OC)ccc21. The highest BCUT2D eigenvalue weighted by Gasteiger charge is 2.42. The van der Waals surface area contributed by atoms with E-state index >= 15 is 0 Å². The minimum atomic E-state index is -0.523. The Labute approximate surface area is 218 Å². The van der Waals surface area contributed by atoms with Gasteiger partial charge in [0.25, 0.3) is 0 Å². The molecule has 2 aliphatic rings. The topological polar surface area (TPSA) is 86.7 Å². The zero-order valence-electron chi connectivity index (χ0n) is 20.7. The molecular weight excluding hydrogens is 480 g/mol. The number of rotatable bonds is 3. The molecule has 0 saturated heterocycles. The Morgan fingerprint density at radius 2 is 0.895 bits per heavy atom. The molecule has 2 unspecified atom stereocenters. The summed E-state index contributed by atoms with van der Waals surface area (Å²) in [5.74, 6) is -2.04. The highest BCUT2D eigenvalue weighted by molar-refractivity contribution is 6.15. The number of benzene rings is 4. The van der Waals surface area contributed by atoms with Crippen LogP contribution in [0.5, 0.6) is 0 Å². The molecule has 0 fully saturated rings. The molecule has 4 aromatic carbocycles. The van der Waals surface area contributed by atoms with Crippen LogP contribution in [0.1, 0.15) is 86.6 Å². The summed E-state index contributed by atoms with van der Waals surface area (Å²) in [4.78, 5) is 51.9. The van der Waals surface area contributed by atoms with Gasteiger partial charge >= 0.3 is 11.9 Å². The van der Waals surface area contributed by atoms with Crippen molar-refractivity contribution in [2.75, 3.05) is 14.2 Å². The fourth-order valence-electron chi connectivity index (χ4n) is 5.83. The Morgan fingerprint density at radius 3 is 1.29 bits per heavy atom. The number of fused-ring (bicyclic) bond motifs is 4. The van der Waals surface area contributed by atoms with Gasteiger partial charge in [-0.3, -0.25) is 9.59 Å². The summed E-state index contributed by atoms with van der Waals surface area (Å²) in [6.45, 7) is 0. The summed E-state index contributed by atoms with van der Waals surface area (Å²) in [7, 11) is 2.61. The second-order valence-corrected chi connectivity index (χ2v) is 9.38. The maximum absolute atomic E-state index is 13.6. The summed E-state index contributed by atoms with van der Waals surface area (Å²) >= 11 is 0. The summed E-state index contributed by atoms with van der Waals surface area (Å²) in [6.07, 6.45) is 0. The number of carbonyl (C=O) groups excluding carboxylic acids is 4. The van der Waals surface area contributed by atoms with Gasteiger partial charge in [-0.15, -0.1) is 0 Å². The lowest BCUT2D eigenvalue weighted by Gasteiger charge is -2.38. The van der Waals surface area contributed by atoms with Crippen LogP contribution in [0.25, 0.3) is 0 Å². The standard InChI is InChI=1S/C32H22O6/c1-37-31(35)17-11-13-21-25(15-17)29(33)23-9-5-3-7-19(23)27(21)28-20-8-4-6-10-24(20)30(34)26-16-18(32(36)38-2)12-14-22(26)28/h3-16,27-28H,1-2H3. The van der Waals surface area contributed by atoms with Gasteiger partial charge in [0, 0.05) is 34.1 Å². The summed E-state index contributed by atoms with van der Waals surface area (Å²) in [6, 6.07) is 25.0. The van der Waals surface area contributed by atoms with Gasteiger partial charge in [-0.05, 0) is 46.5 Å². The van der Waals surface area contributed by atoms with Gasteiger partial charge in [0.05, 0.1) is 25.3 Å². The average Bonchev–Trinajstić information content (AvgIpc) is 2.97. The molecule has 0 bridgehead atoms. The van der Waals surface area contributed by atoms with Crippen molar-refractivity contribution in [1.29, 1.82) is 0 Å². The van der Waals surface area contributed by atoms with Crippen LogP contribution in [0.2, 0.25) is 0 Å². The van der Waals surface area contributed by atoms with E-state index in [0.717, 1.165) is 22.3 Å². The van der Waals surface area contributed by atoms with Crippen molar-refractivity contribution in [2.24, 2.45) is 0 Å². The maximum Gasteiger partial charge on any atom is 0.337 e.